The van der Waals surface area contributed by atoms with Crippen LogP contribution in [0, 0.1) is 0 Å². The summed E-state index contributed by atoms with van der Waals surface area (Å²) in [6.07, 6.45) is 0.774. The van der Waals surface area contributed by atoms with Crippen molar-refractivity contribution in [1.29, 1.82) is 0 Å². The van der Waals surface area contributed by atoms with Gasteiger partial charge in [-0.15, -0.1) is 5.10 Å². The molecule has 0 amide bonds. The van der Waals surface area contributed by atoms with Crippen LogP contribution < -0.4 is 32.5 Å². The number of hydrogen-bond donors (Lipinski definition) is 0. The van der Waals surface area contributed by atoms with Gasteiger partial charge in [0.05, 0.1) is 33.6 Å². The van der Waals surface area contributed by atoms with Crippen LogP contribution in [0.15, 0.2) is 42.5 Å². The van der Waals surface area contributed by atoms with Gasteiger partial charge in [-0.25, -0.2) is 4.68 Å². The summed E-state index contributed by atoms with van der Waals surface area (Å²) in [7, 11) is 0.315. The van der Waals surface area contributed by atoms with Gasteiger partial charge in [-0.05, 0) is 90.2 Å². The summed E-state index contributed by atoms with van der Waals surface area (Å²) in [5, 5.41) is 9.70. The van der Waals surface area contributed by atoms with Crippen LogP contribution in [0.4, 0.5) is 0 Å². The first kappa shape index (κ1) is 39.1. The number of fused-ring (bicyclic) bond motifs is 1. The molecular formula is C40H57N3O7Si2. The van der Waals surface area contributed by atoms with Crippen LogP contribution >= 0.6 is 0 Å². The molecule has 1 aliphatic rings. The highest BCUT2D eigenvalue weighted by Crippen LogP contribution is 2.47. The summed E-state index contributed by atoms with van der Waals surface area (Å²) < 4.78 is 45.0. The third kappa shape index (κ3) is 7.78. The van der Waals surface area contributed by atoms with E-state index in [9.17, 15) is 0 Å². The molecule has 0 unspecified atom stereocenters. The molecule has 52 heavy (non-hydrogen) atoms. The monoisotopic (exact) mass is 747 g/mol. The molecule has 10 nitrogen and oxygen atoms in total. The second-order valence-electron chi connectivity index (χ2n) is 16.4. The molecule has 0 fully saturated rings. The molecule has 0 atom stereocenters. The molecular weight excluding hydrogens is 691 g/mol. The van der Waals surface area contributed by atoms with Crippen LogP contribution in [0.1, 0.15) is 59.6 Å². The Bertz CT molecular complexity index is 1880. The minimum atomic E-state index is -2.33. The van der Waals surface area contributed by atoms with Crippen LogP contribution in [0.2, 0.25) is 36.3 Å². The molecule has 0 N–H and O–H groups in total. The Balaban J connectivity index is 1.77. The Labute approximate surface area is 311 Å². The maximum absolute atomic E-state index is 7.19. The van der Waals surface area contributed by atoms with Gasteiger partial charge in [0, 0.05) is 17.2 Å². The lowest BCUT2D eigenvalue weighted by atomic mass is 9.99. The lowest BCUT2D eigenvalue weighted by molar-refractivity contribution is 0.171. The maximum atomic E-state index is 7.19. The summed E-state index contributed by atoms with van der Waals surface area (Å²) in [6.45, 7) is 26.2. The highest BCUT2D eigenvalue weighted by atomic mass is 28.4. The summed E-state index contributed by atoms with van der Waals surface area (Å²) in [5.41, 5.74) is 5.25. The first-order valence-corrected chi connectivity index (χ1v) is 23.8. The molecule has 1 aromatic heterocycles. The average molecular weight is 748 g/mol. The number of rotatable bonds is 12. The highest BCUT2D eigenvalue weighted by molar-refractivity contribution is 6.75. The molecule has 0 saturated heterocycles. The number of benzene rings is 3. The first-order chi connectivity index (χ1) is 24.3. The number of hydrogen-bond acceptors (Lipinski definition) is 9. The predicted octanol–water partition coefficient (Wildman–Crippen LogP) is 9.79. The first-order valence-electron chi connectivity index (χ1n) is 18.0. The second kappa shape index (κ2) is 14.7. The van der Waals surface area contributed by atoms with E-state index < -0.39 is 16.6 Å². The van der Waals surface area contributed by atoms with E-state index in [4.69, 9.17) is 42.8 Å². The third-order valence-electron chi connectivity index (χ3n) is 10.7. The molecule has 1 aliphatic heterocycles. The zero-order valence-corrected chi connectivity index (χ0v) is 35.6. The molecule has 0 spiro atoms. The Morgan fingerprint density at radius 1 is 0.712 bits per heavy atom. The van der Waals surface area contributed by atoms with E-state index in [-0.39, 0.29) is 10.1 Å². The molecule has 5 rings (SSSR count). The molecule has 4 aromatic rings. The van der Waals surface area contributed by atoms with E-state index in [1.54, 1.807) is 21.3 Å². The molecule has 2 heterocycles. The van der Waals surface area contributed by atoms with Gasteiger partial charge >= 0.3 is 0 Å². The van der Waals surface area contributed by atoms with Crippen molar-refractivity contribution in [2.75, 3.05) is 34.5 Å². The maximum Gasteiger partial charge on any atom is 0.250 e. The van der Waals surface area contributed by atoms with Crippen molar-refractivity contribution in [3.8, 4) is 62.8 Å². The van der Waals surface area contributed by atoms with Gasteiger partial charge in [0.2, 0.25) is 14.1 Å². The van der Waals surface area contributed by atoms with Crippen LogP contribution in [0.5, 0.6) is 40.2 Å². The Morgan fingerprint density at radius 3 is 1.83 bits per heavy atom. The average Bonchev–Trinajstić information content (AvgIpc) is 3.49. The van der Waals surface area contributed by atoms with Crippen LogP contribution in [0.25, 0.3) is 22.5 Å². The molecule has 282 valence electrons. The topological polar surface area (TPSA) is 95.3 Å². The third-order valence-corrected chi connectivity index (χ3v) is 19.4. The van der Waals surface area contributed by atoms with Crippen molar-refractivity contribution >= 4 is 16.6 Å². The van der Waals surface area contributed by atoms with Gasteiger partial charge in [0.15, 0.2) is 23.0 Å². The van der Waals surface area contributed by atoms with Crippen LogP contribution in [-0.4, -0.2) is 66.2 Å². The lowest BCUT2D eigenvalue weighted by Crippen LogP contribution is -2.44. The van der Waals surface area contributed by atoms with Crippen molar-refractivity contribution in [2.24, 2.45) is 0 Å². The van der Waals surface area contributed by atoms with Crippen molar-refractivity contribution in [3.63, 3.8) is 0 Å². The molecule has 12 heteroatoms. The molecule has 0 saturated carbocycles. The lowest BCUT2D eigenvalue weighted by Gasteiger charge is -2.39. The van der Waals surface area contributed by atoms with Crippen molar-refractivity contribution in [3.05, 3.63) is 53.6 Å². The van der Waals surface area contributed by atoms with Crippen molar-refractivity contribution < 1.29 is 32.5 Å². The van der Waals surface area contributed by atoms with E-state index in [1.165, 1.54) is 0 Å². The minimum Gasteiger partial charge on any atom is -0.543 e. The van der Waals surface area contributed by atoms with Crippen LogP contribution in [0.3, 0.4) is 0 Å². The van der Waals surface area contributed by atoms with E-state index in [0.29, 0.717) is 54.2 Å². The Hall–Kier alpha value is -4.17. The molecule has 3 aromatic carbocycles. The summed E-state index contributed by atoms with van der Waals surface area (Å²) in [6, 6.07) is 14.2. The molecule has 0 radical (unpaired) electrons. The number of aromatic nitrogens is 3. The smallest absolute Gasteiger partial charge is 0.250 e. The van der Waals surface area contributed by atoms with Gasteiger partial charge < -0.3 is 32.5 Å². The van der Waals surface area contributed by atoms with Crippen LogP contribution in [-0.2, 0) is 13.0 Å². The zero-order chi connectivity index (χ0) is 38.2. The van der Waals surface area contributed by atoms with Gasteiger partial charge in [0.1, 0.15) is 30.4 Å². The fourth-order valence-electron chi connectivity index (χ4n) is 5.58. The largest absolute Gasteiger partial charge is 0.543 e. The SMILES string of the molecule is CCc1cc(-c2nnn(Cc3cc(OC)c(OC)c(OC)c3)c2-c2ccc3c(c2)OCCO3)c(O[Si](C)(C)C(C)(C)C)cc1O[Si](C)(C)C(C)(C)C. The fourth-order valence-corrected chi connectivity index (χ4v) is 7.65. The Morgan fingerprint density at radius 2 is 1.29 bits per heavy atom. The highest BCUT2D eigenvalue weighted by Gasteiger charge is 2.42. The van der Waals surface area contributed by atoms with Crippen molar-refractivity contribution in [1.82, 2.24) is 15.0 Å². The van der Waals surface area contributed by atoms with E-state index in [0.717, 1.165) is 45.9 Å². The van der Waals surface area contributed by atoms with Gasteiger partial charge in [-0.1, -0.05) is 53.7 Å². The van der Waals surface area contributed by atoms with E-state index >= 15 is 0 Å². The second-order valence-corrected chi connectivity index (χ2v) is 25.8. The predicted molar refractivity (Wildman–Crippen MR) is 212 cm³/mol. The summed E-state index contributed by atoms with van der Waals surface area (Å²) in [4.78, 5) is 0. The molecule has 0 aliphatic carbocycles. The quantitative estimate of drug-likeness (QED) is 0.131. The minimum absolute atomic E-state index is 0.0258. The number of aryl methyl sites for hydroxylation is 1. The van der Waals surface area contributed by atoms with E-state index in [2.05, 4.69) is 86.8 Å². The zero-order valence-electron chi connectivity index (χ0n) is 33.6. The van der Waals surface area contributed by atoms with Gasteiger partial charge in [-0.2, -0.15) is 0 Å². The number of ether oxygens (including phenoxy) is 5. The van der Waals surface area contributed by atoms with Gasteiger partial charge in [-0.3, -0.25) is 0 Å². The molecule has 0 bridgehead atoms. The standard InChI is InChI=1S/C40H57N3O7Si2/c1-15-27-22-29(32(50-52(13,14)40(5,6)7)24-31(27)49-51(11,12)39(2,3)4)36-37(28-16-17-30-33(23-28)48-19-18-47-30)43(42-41-36)25-26-20-34(44-8)38(46-10)35(21-26)45-9/h16-17,20-24H,15,18-19,25H2,1-14H3. The van der Waals surface area contributed by atoms with Crippen molar-refractivity contribution in [2.45, 2.75) is 97.7 Å². The Kier molecular flexibility index (Phi) is 11.0. The normalized spacial score (nSPS) is 13.5. The summed E-state index contributed by atoms with van der Waals surface area (Å²) in [5.74, 6) is 4.66. The van der Waals surface area contributed by atoms with E-state index in [1.807, 2.05) is 35.0 Å². The fraction of sp³-hybridized carbons (Fsp3) is 0.500. The number of methoxy groups -OCH3 is 3. The van der Waals surface area contributed by atoms with Gasteiger partial charge in [0.25, 0.3) is 8.32 Å². The summed E-state index contributed by atoms with van der Waals surface area (Å²) >= 11 is 0. The number of nitrogens with zero attached hydrogens (tertiary/aromatic N) is 3.